The fourth-order valence-electron chi connectivity index (χ4n) is 3.09. The quantitative estimate of drug-likeness (QED) is 0.562. The molecule has 2 aromatic heterocycles. The van der Waals surface area contributed by atoms with Gasteiger partial charge in [-0.25, -0.2) is 14.6 Å². The third-order valence-corrected chi connectivity index (χ3v) is 4.44. The van der Waals surface area contributed by atoms with Crippen molar-refractivity contribution >= 4 is 17.6 Å². The number of nitrogens with one attached hydrogen (secondary N) is 1. The van der Waals surface area contributed by atoms with E-state index in [1.54, 1.807) is 50.2 Å². The van der Waals surface area contributed by atoms with Gasteiger partial charge in [-0.3, -0.25) is 14.4 Å². The van der Waals surface area contributed by atoms with Gasteiger partial charge in [-0.05, 0) is 32.4 Å². The molecule has 0 bridgehead atoms. The molecule has 30 heavy (non-hydrogen) atoms. The van der Waals surface area contributed by atoms with Crippen LogP contribution in [0, 0.1) is 20.8 Å². The number of Topliss-reactive ketones (excluding diaryl/α,β-unsaturated/α-hetero) is 1. The summed E-state index contributed by atoms with van der Waals surface area (Å²) in [6.07, 6.45) is 0.137. The summed E-state index contributed by atoms with van der Waals surface area (Å²) in [5, 5.41) is 6.89. The molecule has 2 heterocycles. The van der Waals surface area contributed by atoms with Gasteiger partial charge in [-0.15, -0.1) is 0 Å². The second kappa shape index (κ2) is 8.64. The van der Waals surface area contributed by atoms with Crippen molar-refractivity contribution in [1.82, 2.24) is 25.1 Å². The number of aryl methyl sites for hydroxylation is 3. The van der Waals surface area contributed by atoms with Crippen LogP contribution in [0.15, 0.2) is 42.5 Å². The first kappa shape index (κ1) is 20.8. The summed E-state index contributed by atoms with van der Waals surface area (Å²) in [7, 11) is 0. The van der Waals surface area contributed by atoms with Crippen LogP contribution in [0.4, 0.5) is 0 Å². The highest BCUT2D eigenvalue weighted by Gasteiger charge is 2.27. The Bertz CT molecular complexity index is 1090. The van der Waals surface area contributed by atoms with E-state index in [9.17, 15) is 14.4 Å². The lowest BCUT2D eigenvalue weighted by molar-refractivity contribution is -0.137. The molecule has 0 aliphatic carbocycles. The molecule has 0 aliphatic heterocycles. The van der Waals surface area contributed by atoms with Gasteiger partial charge < -0.3 is 11.1 Å². The number of carbonyl (C=O) groups excluding carboxylic acids is 3. The zero-order chi connectivity index (χ0) is 21.8. The number of hydrogen-bond acceptors (Lipinski definition) is 6. The summed E-state index contributed by atoms with van der Waals surface area (Å²) >= 11 is 0. The number of rotatable bonds is 7. The largest absolute Gasteiger partial charge is 0.363 e. The topological polar surface area (TPSA) is 133 Å². The lowest BCUT2D eigenvalue weighted by Crippen LogP contribution is -2.47. The summed E-state index contributed by atoms with van der Waals surface area (Å²) in [6.45, 7) is 5.40. The SMILES string of the molecule is Cc1cc(-n2nc(C(=O)NC(Cc3ccccc3)C(=O)C(N)=O)cc2C)nc(C)n1. The van der Waals surface area contributed by atoms with Crippen molar-refractivity contribution in [3.05, 3.63) is 70.9 Å². The van der Waals surface area contributed by atoms with E-state index in [0.29, 0.717) is 17.3 Å². The van der Waals surface area contributed by atoms with Crippen molar-refractivity contribution in [3.63, 3.8) is 0 Å². The molecule has 0 saturated heterocycles. The Balaban J connectivity index is 1.85. The van der Waals surface area contributed by atoms with Gasteiger partial charge in [0.05, 0.1) is 0 Å². The van der Waals surface area contributed by atoms with Gasteiger partial charge in [0.2, 0.25) is 5.78 Å². The van der Waals surface area contributed by atoms with Crippen molar-refractivity contribution in [2.24, 2.45) is 5.73 Å². The van der Waals surface area contributed by atoms with E-state index >= 15 is 0 Å². The molecule has 154 valence electrons. The van der Waals surface area contributed by atoms with E-state index in [2.05, 4.69) is 20.4 Å². The van der Waals surface area contributed by atoms with Gasteiger partial charge in [0, 0.05) is 23.9 Å². The van der Waals surface area contributed by atoms with Crippen LogP contribution in [0.5, 0.6) is 0 Å². The van der Waals surface area contributed by atoms with Crippen LogP contribution in [0.3, 0.4) is 0 Å². The van der Waals surface area contributed by atoms with Gasteiger partial charge in [-0.1, -0.05) is 30.3 Å². The molecule has 0 aliphatic rings. The molecular formula is C21H22N6O3. The molecule has 0 spiro atoms. The Morgan fingerprint density at radius 1 is 1.07 bits per heavy atom. The molecular weight excluding hydrogens is 384 g/mol. The normalized spacial score (nSPS) is 11.7. The predicted molar refractivity (Wildman–Crippen MR) is 109 cm³/mol. The highest BCUT2D eigenvalue weighted by atomic mass is 16.2. The van der Waals surface area contributed by atoms with Crippen molar-refractivity contribution in [1.29, 1.82) is 0 Å². The molecule has 0 saturated carbocycles. The summed E-state index contributed by atoms with van der Waals surface area (Å²) < 4.78 is 1.53. The molecule has 2 amide bonds. The highest BCUT2D eigenvalue weighted by Crippen LogP contribution is 2.12. The number of amides is 2. The zero-order valence-corrected chi connectivity index (χ0v) is 16.9. The average Bonchev–Trinajstić information content (AvgIpc) is 3.08. The molecule has 1 unspecified atom stereocenters. The highest BCUT2D eigenvalue weighted by molar-refractivity contribution is 6.38. The molecule has 3 rings (SSSR count). The lowest BCUT2D eigenvalue weighted by atomic mass is 10.0. The van der Waals surface area contributed by atoms with Gasteiger partial charge in [0.25, 0.3) is 11.8 Å². The van der Waals surface area contributed by atoms with E-state index in [0.717, 1.165) is 11.3 Å². The summed E-state index contributed by atoms with van der Waals surface area (Å²) in [4.78, 5) is 45.1. The maximum Gasteiger partial charge on any atom is 0.287 e. The lowest BCUT2D eigenvalue weighted by Gasteiger charge is -2.15. The summed E-state index contributed by atoms with van der Waals surface area (Å²) in [6, 6.07) is 11.3. The third-order valence-electron chi connectivity index (χ3n) is 4.44. The van der Waals surface area contributed by atoms with Gasteiger partial charge in [0.15, 0.2) is 11.5 Å². The van der Waals surface area contributed by atoms with Gasteiger partial charge in [-0.2, -0.15) is 5.10 Å². The molecule has 0 radical (unpaired) electrons. The minimum Gasteiger partial charge on any atom is -0.363 e. The maximum atomic E-state index is 12.8. The summed E-state index contributed by atoms with van der Waals surface area (Å²) in [5.74, 6) is -1.45. The van der Waals surface area contributed by atoms with Crippen molar-refractivity contribution in [2.75, 3.05) is 0 Å². The van der Waals surface area contributed by atoms with Gasteiger partial charge in [0.1, 0.15) is 11.9 Å². The number of primary amides is 1. The number of nitrogens with zero attached hydrogens (tertiary/aromatic N) is 4. The number of nitrogens with two attached hydrogens (primary N) is 1. The number of aromatic nitrogens is 4. The zero-order valence-electron chi connectivity index (χ0n) is 16.9. The van der Waals surface area contributed by atoms with Crippen LogP contribution >= 0.6 is 0 Å². The Morgan fingerprint density at radius 2 is 1.77 bits per heavy atom. The second-order valence-electron chi connectivity index (χ2n) is 6.94. The molecule has 9 nitrogen and oxygen atoms in total. The van der Waals surface area contributed by atoms with Crippen LogP contribution in [0.2, 0.25) is 0 Å². The van der Waals surface area contributed by atoms with E-state index in [4.69, 9.17) is 5.73 Å². The summed E-state index contributed by atoms with van der Waals surface area (Å²) in [5.41, 5.74) is 7.49. The first-order chi connectivity index (χ1) is 14.2. The number of benzene rings is 1. The van der Waals surface area contributed by atoms with Gasteiger partial charge >= 0.3 is 0 Å². The van der Waals surface area contributed by atoms with Crippen LogP contribution < -0.4 is 11.1 Å². The Labute approximate surface area is 173 Å². The van der Waals surface area contributed by atoms with Crippen molar-refractivity contribution < 1.29 is 14.4 Å². The Kier molecular flexibility index (Phi) is 6.01. The smallest absolute Gasteiger partial charge is 0.287 e. The van der Waals surface area contributed by atoms with Crippen LogP contribution in [-0.4, -0.2) is 43.4 Å². The Morgan fingerprint density at radius 3 is 2.40 bits per heavy atom. The molecule has 1 aromatic carbocycles. The monoisotopic (exact) mass is 406 g/mol. The van der Waals surface area contributed by atoms with Crippen LogP contribution in [0.25, 0.3) is 5.82 Å². The minimum absolute atomic E-state index is 0.0942. The molecule has 3 N–H and O–H groups in total. The van der Waals surface area contributed by atoms with Crippen molar-refractivity contribution in [2.45, 2.75) is 33.2 Å². The molecule has 9 heteroatoms. The first-order valence-corrected chi connectivity index (χ1v) is 9.32. The van der Waals surface area contributed by atoms with Crippen LogP contribution in [-0.2, 0) is 16.0 Å². The minimum atomic E-state index is -1.11. The standard InChI is InChI=1S/C21H22N6O3/c1-12-9-18(24-14(3)23-12)27-13(2)10-17(26-27)21(30)25-16(19(28)20(22)29)11-15-7-5-4-6-8-15/h4-10,16H,11H2,1-3H3,(H2,22,29)(H,25,30). The average molecular weight is 406 g/mol. The fourth-order valence-corrected chi connectivity index (χ4v) is 3.09. The van der Waals surface area contributed by atoms with E-state index in [-0.39, 0.29) is 12.1 Å². The maximum absolute atomic E-state index is 12.8. The van der Waals surface area contributed by atoms with E-state index in [1.165, 1.54) is 4.68 Å². The van der Waals surface area contributed by atoms with E-state index < -0.39 is 23.6 Å². The first-order valence-electron chi connectivity index (χ1n) is 9.32. The van der Waals surface area contributed by atoms with E-state index in [1.807, 2.05) is 13.0 Å². The fraction of sp³-hybridized carbons (Fsp3) is 0.238. The third kappa shape index (κ3) is 4.75. The number of ketones is 1. The van der Waals surface area contributed by atoms with Crippen LogP contribution in [0.1, 0.15) is 33.3 Å². The second-order valence-corrected chi connectivity index (χ2v) is 6.94. The Hall–Kier alpha value is -3.88. The van der Waals surface area contributed by atoms with Crippen molar-refractivity contribution in [3.8, 4) is 5.82 Å². The molecule has 3 aromatic rings. The number of hydrogen-bond donors (Lipinski definition) is 2. The number of carbonyl (C=O) groups is 3. The predicted octanol–water partition coefficient (Wildman–Crippen LogP) is 0.983. The molecule has 0 fully saturated rings. The molecule has 1 atom stereocenters.